The molecule has 8 nitrogen and oxygen atoms in total. The maximum atomic E-state index is 13.3. The number of fused-ring (bicyclic) bond motifs is 1. The average Bonchev–Trinajstić information content (AvgIpc) is 2.85. The van der Waals surface area contributed by atoms with Crippen molar-refractivity contribution >= 4 is 16.8 Å². The number of benzene rings is 3. The van der Waals surface area contributed by atoms with Crippen LogP contribution in [-0.2, 0) is 0 Å². The number of carbonyl (C=O) groups excluding carboxylic acids is 1. The van der Waals surface area contributed by atoms with Gasteiger partial charge in [-0.05, 0) is 36.4 Å². The summed E-state index contributed by atoms with van der Waals surface area (Å²) in [5.74, 6) is 1.19. The Morgan fingerprint density at radius 3 is 2.38 bits per heavy atom. The highest BCUT2D eigenvalue weighted by molar-refractivity contribution is 6.02. The molecule has 0 atom stereocenters. The molecule has 0 bridgehead atoms. The number of aromatic nitrogens is 2. The molecule has 162 valence electrons. The summed E-state index contributed by atoms with van der Waals surface area (Å²) in [4.78, 5) is 31.1. The van der Waals surface area contributed by atoms with Gasteiger partial charge in [0, 0.05) is 11.6 Å². The lowest BCUT2D eigenvalue weighted by molar-refractivity contribution is 0.100. The molecule has 0 aliphatic rings. The van der Waals surface area contributed by atoms with Gasteiger partial charge in [-0.3, -0.25) is 15.0 Å². The van der Waals surface area contributed by atoms with Crippen LogP contribution in [-0.4, -0.2) is 36.9 Å². The largest absolute Gasteiger partial charge is 0.497 e. The van der Waals surface area contributed by atoms with Crippen LogP contribution in [0.5, 0.6) is 17.2 Å². The quantitative estimate of drug-likeness (QED) is 0.503. The maximum absolute atomic E-state index is 13.3. The Morgan fingerprint density at radius 1 is 0.875 bits per heavy atom. The van der Waals surface area contributed by atoms with Crippen LogP contribution in [0.3, 0.4) is 0 Å². The van der Waals surface area contributed by atoms with Crippen LogP contribution in [0.1, 0.15) is 10.4 Å². The summed E-state index contributed by atoms with van der Waals surface area (Å²) in [6, 6.07) is 18.9. The Kier molecular flexibility index (Phi) is 5.76. The first-order chi connectivity index (χ1) is 15.5. The van der Waals surface area contributed by atoms with Crippen molar-refractivity contribution in [2.75, 3.05) is 26.8 Å². The number of rotatable bonds is 6. The van der Waals surface area contributed by atoms with Gasteiger partial charge in [0.1, 0.15) is 17.2 Å². The molecule has 0 spiro atoms. The highest BCUT2D eigenvalue weighted by Gasteiger charge is 2.19. The Balaban J connectivity index is 1.87. The van der Waals surface area contributed by atoms with E-state index in [9.17, 15) is 9.59 Å². The molecule has 0 aliphatic carbocycles. The van der Waals surface area contributed by atoms with Crippen LogP contribution in [0, 0.1) is 0 Å². The number of hydrogen-bond acceptors (Lipinski definition) is 6. The van der Waals surface area contributed by atoms with E-state index < -0.39 is 11.5 Å². The van der Waals surface area contributed by atoms with Gasteiger partial charge in [-0.25, -0.2) is 4.98 Å². The molecular weight excluding hydrogens is 410 g/mol. The van der Waals surface area contributed by atoms with Gasteiger partial charge in [0.15, 0.2) is 5.82 Å². The van der Waals surface area contributed by atoms with E-state index in [2.05, 4.69) is 10.4 Å². The van der Waals surface area contributed by atoms with E-state index in [0.717, 1.165) is 4.68 Å². The van der Waals surface area contributed by atoms with Crippen LogP contribution < -0.4 is 25.2 Å². The molecule has 4 rings (SSSR count). The van der Waals surface area contributed by atoms with Crippen molar-refractivity contribution in [3.8, 4) is 28.6 Å². The van der Waals surface area contributed by atoms with Crippen molar-refractivity contribution in [2.45, 2.75) is 0 Å². The lowest BCUT2D eigenvalue weighted by atomic mass is 10.1. The first-order valence-electron chi connectivity index (χ1n) is 9.75. The Labute approximate surface area is 184 Å². The van der Waals surface area contributed by atoms with Crippen molar-refractivity contribution < 1.29 is 19.0 Å². The molecule has 3 aromatic carbocycles. The van der Waals surface area contributed by atoms with Crippen LogP contribution in [0.2, 0.25) is 0 Å². The van der Waals surface area contributed by atoms with Gasteiger partial charge in [0.05, 0.1) is 37.8 Å². The molecule has 1 aromatic heterocycles. The molecule has 0 aliphatic heterocycles. The van der Waals surface area contributed by atoms with Crippen LogP contribution >= 0.6 is 0 Å². The topological polar surface area (TPSA) is 91.7 Å². The van der Waals surface area contributed by atoms with Gasteiger partial charge in [-0.1, -0.05) is 24.3 Å². The van der Waals surface area contributed by atoms with Crippen LogP contribution in [0.15, 0.2) is 71.5 Å². The maximum Gasteiger partial charge on any atom is 0.280 e. The lowest BCUT2D eigenvalue weighted by Gasteiger charge is -2.16. The molecule has 0 fully saturated rings. The van der Waals surface area contributed by atoms with Gasteiger partial charge in [0.2, 0.25) is 0 Å². The number of amides is 1. The number of nitrogens with one attached hydrogen (secondary N) is 1. The Hall–Kier alpha value is -4.33. The van der Waals surface area contributed by atoms with Gasteiger partial charge in [0.25, 0.3) is 11.5 Å². The Bertz CT molecular complexity index is 1360. The molecule has 1 amide bonds. The third kappa shape index (κ3) is 3.85. The Morgan fingerprint density at radius 2 is 1.62 bits per heavy atom. The van der Waals surface area contributed by atoms with Crippen molar-refractivity contribution in [1.29, 1.82) is 0 Å². The van der Waals surface area contributed by atoms with Gasteiger partial charge < -0.3 is 14.2 Å². The third-order valence-electron chi connectivity index (χ3n) is 4.97. The predicted molar refractivity (Wildman–Crippen MR) is 121 cm³/mol. The zero-order valence-electron chi connectivity index (χ0n) is 17.8. The highest BCUT2D eigenvalue weighted by Crippen LogP contribution is 2.26. The minimum absolute atomic E-state index is 0.241. The fraction of sp³-hybridized carbons (Fsp3) is 0.125. The average molecular weight is 431 g/mol. The summed E-state index contributed by atoms with van der Waals surface area (Å²) in [6.45, 7) is 0. The molecule has 1 N–H and O–H groups in total. The van der Waals surface area contributed by atoms with Gasteiger partial charge >= 0.3 is 0 Å². The summed E-state index contributed by atoms with van der Waals surface area (Å²) in [7, 11) is 4.53. The second-order valence-corrected chi connectivity index (χ2v) is 6.83. The van der Waals surface area contributed by atoms with Crippen LogP contribution in [0.4, 0.5) is 0 Å². The zero-order valence-corrected chi connectivity index (χ0v) is 17.8. The van der Waals surface area contributed by atoms with E-state index in [0.29, 0.717) is 33.7 Å². The number of carbonyl (C=O) groups is 1. The normalized spacial score (nSPS) is 10.6. The summed E-state index contributed by atoms with van der Waals surface area (Å²) in [5, 5.41) is 0.376. The fourth-order valence-corrected chi connectivity index (χ4v) is 3.34. The van der Waals surface area contributed by atoms with Crippen molar-refractivity contribution in [3.05, 3.63) is 82.6 Å². The van der Waals surface area contributed by atoms with Gasteiger partial charge in [-0.15, -0.1) is 0 Å². The summed E-state index contributed by atoms with van der Waals surface area (Å²) >= 11 is 0. The first kappa shape index (κ1) is 20.9. The number of hydrogen-bond donors (Lipinski definition) is 1. The molecule has 4 aromatic rings. The number of para-hydroxylation sites is 1. The minimum atomic E-state index is -0.534. The lowest BCUT2D eigenvalue weighted by Crippen LogP contribution is -2.35. The van der Waals surface area contributed by atoms with E-state index in [1.165, 1.54) is 14.2 Å². The smallest absolute Gasteiger partial charge is 0.280 e. The molecule has 8 heteroatoms. The summed E-state index contributed by atoms with van der Waals surface area (Å²) in [5.41, 5.74) is 3.63. The van der Waals surface area contributed by atoms with E-state index in [1.54, 1.807) is 73.8 Å². The van der Waals surface area contributed by atoms with E-state index in [-0.39, 0.29) is 11.4 Å². The van der Waals surface area contributed by atoms with Crippen molar-refractivity contribution in [3.63, 3.8) is 0 Å². The molecule has 1 heterocycles. The predicted octanol–water partition coefficient (Wildman–Crippen LogP) is 3.47. The minimum Gasteiger partial charge on any atom is -0.497 e. The molecule has 0 unspecified atom stereocenters. The molecule has 0 saturated heterocycles. The van der Waals surface area contributed by atoms with Crippen LogP contribution in [0.25, 0.3) is 22.3 Å². The zero-order chi connectivity index (χ0) is 22.7. The molecule has 32 heavy (non-hydrogen) atoms. The summed E-state index contributed by atoms with van der Waals surface area (Å²) < 4.78 is 17.0. The van der Waals surface area contributed by atoms with E-state index in [1.807, 2.05) is 0 Å². The van der Waals surface area contributed by atoms with Crippen molar-refractivity contribution in [2.24, 2.45) is 0 Å². The molecule has 0 radical (unpaired) electrons. The SMILES string of the molecule is COc1cccc(-c2nc3ccccc3c(=O)n2NC(=O)c2ccc(OC)cc2OC)c1. The van der Waals surface area contributed by atoms with E-state index in [4.69, 9.17) is 14.2 Å². The van der Waals surface area contributed by atoms with Crippen molar-refractivity contribution in [1.82, 2.24) is 9.66 Å². The molecular formula is C24H21N3O5. The second kappa shape index (κ2) is 8.81. The first-order valence-corrected chi connectivity index (χ1v) is 9.75. The molecule has 0 saturated carbocycles. The van der Waals surface area contributed by atoms with Gasteiger partial charge in [-0.2, -0.15) is 4.68 Å². The number of nitrogens with zero attached hydrogens (tertiary/aromatic N) is 2. The summed E-state index contributed by atoms with van der Waals surface area (Å²) in [6.07, 6.45) is 0. The van der Waals surface area contributed by atoms with E-state index >= 15 is 0 Å². The highest BCUT2D eigenvalue weighted by atomic mass is 16.5. The number of ether oxygens (including phenoxy) is 3. The number of methoxy groups -OCH3 is 3. The standard InChI is InChI=1S/C24H21N3O5/c1-30-16-8-6-7-15(13-16)22-25-20-10-5-4-9-18(20)24(29)27(22)26-23(28)19-12-11-17(31-2)14-21(19)32-3/h4-14H,1-3H3,(H,26,28). The third-order valence-corrected chi connectivity index (χ3v) is 4.97. The second-order valence-electron chi connectivity index (χ2n) is 6.83. The fourth-order valence-electron chi connectivity index (χ4n) is 3.34. The monoisotopic (exact) mass is 431 g/mol.